The molecule has 1 amide bonds. The Balaban J connectivity index is 1.75. The van der Waals surface area contributed by atoms with Crippen LogP contribution in [0.5, 0.6) is 0 Å². The number of likely N-dealkylation sites (tertiary alicyclic amines) is 1. The van der Waals surface area contributed by atoms with E-state index in [9.17, 15) is 4.79 Å². The van der Waals surface area contributed by atoms with Crippen molar-refractivity contribution in [1.82, 2.24) is 15.0 Å². The van der Waals surface area contributed by atoms with Crippen LogP contribution in [0, 0.1) is 6.92 Å². The fourth-order valence-corrected chi connectivity index (χ4v) is 2.17. The summed E-state index contributed by atoms with van der Waals surface area (Å²) in [7, 11) is 0. The van der Waals surface area contributed by atoms with Gasteiger partial charge in [-0.1, -0.05) is 35.0 Å². The van der Waals surface area contributed by atoms with E-state index in [1.165, 1.54) is 5.56 Å². The van der Waals surface area contributed by atoms with Crippen molar-refractivity contribution in [3.63, 3.8) is 0 Å². The van der Waals surface area contributed by atoms with Crippen molar-refractivity contribution in [3.05, 3.63) is 35.7 Å². The lowest BCUT2D eigenvalue weighted by Gasteiger charge is -2.11. The minimum atomic E-state index is 0.162. The van der Waals surface area contributed by atoms with Crippen LogP contribution >= 0.6 is 0 Å². The molecule has 3 rings (SSSR count). The molecule has 0 bridgehead atoms. The fraction of sp³-hybridized carbons (Fsp3) is 0.357. The molecule has 1 aromatic carbocycles. The molecule has 0 unspecified atom stereocenters. The molecule has 0 spiro atoms. The maximum absolute atomic E-state index is 11.5. The molecule has 19 heavy (non-hydrogen) atoms. The summed E-state index contributed by atoms with van der Waals surface area (Å²) in [5.41, 5.74) is 2.11. The van der Waals surface area contributed by atoms with Crippen molar-refractivity contribution in [1.29, 1.82) is 0 Å². The largest absolute Gasteiger partial charge is 0.337 e. The summed E-state index contributed by atoms with van der Waals surface area (Å²) in [6.45, 7) is 3.23. The molecule has 5 nitrogen and oxygen atoms in total. The van der Waals surface area contributed by atoms with Crippen molar-refractivity contribution in [2.45, 2.75) is 26.3 Å². The van der Waals surface area contributed by atoms with Gasteiger partial charge in [-0.2, -0.15) is 4.98 Å². The number of rotatable bonds is 3. The number of hydrogen-bond donors (Lipinski definition) is 0. The smallest absolute Gasteiger partial charge is 0.246 e. The van der Waals surface area contributed by atoms with Crippen molar-refractivity contribution < 1.29 is 9.32 Å². The second-order valence-electron chi connectivity index (χ2n) is 4.80. The molecule has 1 saturated heterocycles. The highest BCUT2D eigenvalue weighted by atomic mass is 16.5. The van der Waals surface area contributed by atoms with Crippen molar-refractivity contribution in [3.8, 4) is 11.4 Å². The van der Waals surface area contributed by atoms with E-state index in [2.05, 4.69) is 10.1 Å². The zero-order chi connectivity index (χ0) is 13.2. The summed E-state index contributed by atoms with van der Waals surface area (Å²) >= 11 is 0. The highest BCUT2D eigenvalue weighted by Crippen LogP contribution is 2.18. The van der Waals surface area contributed by atoms with Gasteiger partial charge in [0.2, 0.25) is 17.6 Å². The third kappa shape index (κ3) is 2.50. The van der Waals surface area contributed by atoms with E-state index >= 15 is 0 Å². The van der Waals surface area contributed by atoms with Gasteiger partial charge < -0.3 is 9.42 Å². The van der Waals surface area contributed by atoms with Crippen molar-refractivity contribution >= 4 is 5.91 Å². The molecule has 0 atom stereocenters. The van der Waals surface area contributed by atoms with E-state index in [-0.39, 0.29) is 5.91 Å². The Morgan fingerprint density at radius 2 is 2.11 bits per heavy atom. The summed E-state index contributed by atoms with van der Waals surface area (Å²) in [5.74, 6) is 1.22. The number of carbonyl (C=O) groups excluding carboxylic acids is 1. The Bertz CT molecular complexity index is 589. The van der Waals surface area contributed by atoms with E-state index in [1.807, 2.05) is 31.2 Å². The monoisotopic (exact) mass is 257 g/mol. The molecule has 0 radical (unpaired) electrons. The first-order valence-corrected chi connectivity index (χ1v) is 6.40. The molecular formula is C14H15N3O2. The van der Waals surface area contributed by atoms with Crippen molar-refractivity contribution in [2.24, 2.45) is 0 Å². The standard InChI is InChI=1S/C14H15N3O2/c1-10-4-6-11(7-5-10)14-15-12(19-16-14)9-17-8-2-3-13(17)18/h4-7H,2-3,8-9H2,1H3. The maximum Gasteiger partial charge on any atom is 0.246 e. The topological polar surface area (TPSA) is 59.2 Å². The second kappa shape index (κ2) is 4.84. The molecule has 1 fully saturated rings. The van der Waals surface area contributed by atoms with Crippen LogP contribution in [-0.2, 0) is 11.3 Å². The molecule has 1 aliphatic heterocycles. The number of aromatic nitrogens is 2. The third-order valence-corrected chi connectivity index (χ3v) is 3.28. The lowest BCUT2D eigenvalue weighted by Crippen LogP contribution is -2.23. The van der Waals surface area contributed by atoms with Crippen LogP contribution in [-0.4, -0.2) is 27.5 Å². The number of hydrogen-bond acceptors (Lipinski definition) is 4. The number of carbonyl (C=O) groups is 1. The van der Waals surface area contributed by atoms with Crippen LogP contribution in [0.25, 0.3) is 11.4 Å². The zero-order valence-corrected chi connectivity index (χ0v) is 10.8. The highest BCUT2D eigenvalue weighted by molar-refractivity contribution is 5.77. The highest BCUT2D eigenvalue weighted by Gasteiger charge is 2.22. The predicted octanol–water partition coefficient (Wildman–Crippen LogP) is 2.17. The van der Waals surface area contributed by atoms with E-state index in [1.54, 1.807) is 4.90 Å². The van der Waals surface area contributed by atoms with Gasteiger partial charge in [-0.05, 0) is 13.3 Å². The summed E-state index contributed by atoms with van der Waals surface area (Å²) in [6, 6.07) is 7.95. The molecule has 0 aliphatic carbocycles. The van der Waals surface area contributed by atoms with E-state index in [0.29, 0.717) is 24.7 Å². The van der Waals surface area contributed by atoms with E-state index in [4.69, 9.17) is 4.52 Å². The number of benzene rings is 1. The van der Waals surface area contributed by atoms with Gasteiger partial charge in [-0.15, -0.1) is 0 Å². The van der Waals surface area contributed by atoms with Gasteiger partial charge in [0.1, 0.15) is 0 Å². The first-order valence-electron chi connectivity index (χ1n) is 6.40. The van der Waals surface area contributed by atoms with Gasteiger partial charge in [-0.25, -0.2) is 0 Å². The quantitative estimate of drug-likeness (QED) is 0.845. The van der Waals surface area contributed by atoms with E-state index < -0.39 is 0 Å². The molecule has 0 N–H and O–H groups in total. The Kier molecular flexibility index (Phi) is 3.03. The van der Waals surface area contributed by atoms with Gasteiger partial charge >= 0.3 is 0 Å². The van der Waals surface area contributed by atoms with Crippen molar-refractivity contribution in [2.75, 3.05) is 6.54 Å². The Morgan fingerprint density at radius 1 is 1.32 bits per heavy atom. The Labute approximate surface area is 111 Å². The minimum absolute atomic E-state index is 0.162. The van der Waals surface area contributed by atoms with Crippen LogP contribution in [0.4, 0.5) is 0 Å². The fourth-order valence-electron chi connectivity index (χ4n) is 2.17. The maximum atomic E-state index is 11.5. The van der Waals surface area contributed by atoms with Gasteiger partial charge in [0.25, 0.3) is 0 Å². The first-order chi connectivity index (χ1) is 9.22. The summed E-state index contributed by atoms with van der Waals surface area (Å²) < 4.78 is 5.20. The molecule has 5 heteroatoms. The number of nitrogens with zero attached hydrogens (tertiary/aromatic N) is 3. The molecule has 1 aromatic heterocycles. The van der Waals surface area contributed by atoms with Crippen LogP contribution in [0.1, 0.15) is 24.3 Å². The minimum Gasteiger partial charge on any atom is -0.337 e. The van der Waals surface area contributed by atoms with Crippen LogP contribution < -0.4 is 0 Å². The molecule has 2 heterocycles. The number of aryl methyl sites for hydroxylation is 1. The summed E-state index contributed by atoms with van der Waals surface area (Å²) in [6.07, 6.45) is 1.54. The molecule has 2 aromatic rings. The van der Waals surface area contributed by atoms with Crippen LogP contribution in [0.2, 0.25) is 0 Å². The second-order valence-corrected chi connectivity index (χ2v) is 4.80. The normalized spacial score (nSPS) is 15.2. The molecule has 0 saturated carbocycles. The zero-order valence-electron chi connectivity index (χ0n) is 10.8. The van der Waals surface area contributed by atoms with Gasteiger partial charge in [-0.3, -0.25) is 4.79 Å². The lowest BCUT2D eigenvalue weighted by molar-refractivity contribution is -0.128. The average molecular weight is 257 g/mol. The van der Waals surface area contributed by atoms with Gasteiger partial charge in [0.15, 0.2) is 0 Å². The van der Waals surface area contributed by atoms with Crippen LogP contribution in [0.3, 0.4) is 0 Å². The Hall–Kier alpha value is -2.17. The molecule has 98 valence electrons. The molecular weight excluding hydrogens is 242 g/mol. The Morgan fingerprint density at radius 3 is 2.79 bits per heavy atom. The summed E-state index contributed by atoms with van der Waals surface area (Å²) in [4.78, 5) is 17.6. The third-order valence-electron chi connectivity index (χ3n) is 3.28. The van der Waals surface area contributed by atoms with Crippen LogP contribution in [0.15, 0.2) is 28.8 Å². The molecule has 1 aliphatic rings. The number of amides is 1. The predicted molar refractivity (Wildman–Crippen MR) is 69.1 cm³/mol. The van der Waals surface area contributed by atoms with E-state index in [0.717, 1.165) is 18.5 Å². The SMILES string of the molecule is Cc1ccc(-c2noc(CN3CCCC3=O)n2)cc1. The van der Waals surface area contributed by atoms with Gasteiger partial charge in [0.05, 0.1) is 6.54 Å². The first kappa shape index (κ1) is 11.9. The van der Waals surface area contributed by atoms with Gasteiger partial charge in [0, 0.05) is 18.5 Å². The summed E-state index contributed by atoms with van der Waals surface area (Å²) in [5, 5.41) is 3.96. The lowest BCUT2D eigenvalue weighted by atomic mass is 10.1. The average Bonchev–Trinajstić information content (AvgIpc) is 3.01.